The Bertz CT molecular complexity index is 207. The van der Waals surface area contributed by atoms with Gasteiger partial charge in [-0.3, -0.25) is 0 Å². The first-order valence-electron chi connectivity index (χ1n) is 8.31. The van der Waals surface area contributed by atoms with Crippen molar-refractivity contribution in [3.05, 3.63) is 12.2 Å². The lowest BCUT2D eigenvalue weighted by atomic mass is 10.1. The zero-order valence-electron chi connectivity index (χ0n) is 12.7. The van der Waals surface area contributed by atoms with Crippen LogP contribution >= 0.6 is 0 Å². The van der Waals surface area contributed by atoms with Gasteiger partial charge in [-0.1, -0.05) is 38.3 Å². The van der Waals surface area contributed by atoms with E-state index in [1.54, 1.807) is 0 Å². The van der Waals surface area contributed by atoms with E-state index >= 15 is 0 Å². The van der Waals surface area contributed by atoms with E-state index < -0.39 is 0 Å². The van der Waals surface area contributed by atoms with E-state index in [0.717, 1.165) is 26.1 Å². The highest BCUT2D eigenvalue weighted by atomic mass is 16.7. The molecule has 1 atom stereocenters. The average molecular weight is 268 g/mol. The summed E-state index contributed by atoms with van der Waals surface area (Å²) >= 11 is 0. The Kier molecular flexibility index (Phi) is 11.2. The quantitative estimate of drug-likeness (QED) is 0.377. The van der Waals surface area contributed by atoms with Crippen LogP contribution in [0.1, 0.15) is 77.6 Å². The maximum absolute atomic E-state index is 5.71. The number of ether oxygens (including phenoxy) is 2. The summed E-state index contributed by atoms with van der Waals surface area (Å²) < 4.78 is 11.2. The number of hydrogen-bond acceptors (Lipinski definition) is 2. The highest BCUT2D eigenvalue weighted by Gasteiger charge is 2.12. The third-order valence-electron chi connectivity index (χ3n) is 3.60. The van der Waals surface area contributed by atoms with Gasteiger partial charge in [-0.15, -0.1) is 0 Å². The van der Waals surface area contributed by atoms with Crippen molar-refractivity contribution in [2.45, 2.75) is 83.8 Å². The summed E-state index contributed by atoms with van der Waals surface area (Å²) in [7, 11) is 0. The summed E-state index contributed by atoms with van der Waals surface area (Å²) in [5.41, 5.74) is 0. The highest BCUT2D eigenvalue weighted by Crippen LogP contribution is 2.14. The van der Waals surface area contributed by atoms with Crippen LogP contribution in [0.2, 0.25) is 0 Å². The van der Waals surface area contributed by atoms with E-state index in [1.165, 1.54) is 57.8 Å². The molecule has 0 N–H and O–H groups in total. The van der Waals surface area contributed by atoms with Gasteiger partial charge >= 0.3 is 0 Å². The number of allylic oxidation sites excluding steroid dienone is 2. The lowest BCUT2D eigenvalue weighted by Gasteiger charge is -2.22. The van der Waals surface area contributed by atoms with Crippen LogP contribution in [-0.4, -0.2) is 19.5 Å². The molecule has 1 aliphatic heterocycles. The molecule has 0 saturated carbocycles. The maximum atomic E-state index is 5.71. The van der Waals surface area contributed by atoms with Crippen molar-refractivity contribution in [2.24, 2.45) is 0 Å². The summed E-state index contributed by atoms with van der Waals surface area (Å²) in [6.07, 6.45) is 18.6. The topological polar surface area (TPSA) is 18.5 Å². The second kappa shape index (κ2) is 12.7. The van der Waals surface area contributed by atoms with Gasteiger partial charge < -0.3 is 9.47 Å². The second-order valence-electron chi connectivity index (χ2n) is 5.48. The monoisotopic (exact) mass is 268 g/mol. The van der Waals surface area contributed by atoms with Crippen LogP contribution in [-0.2, 0) is 9.47 Å². The lowest BCUT2D eigenvalue weighted by Crippen LogP contribution is -2.22. The Labute approximate surface area is 119 Å². The van der Waals surface area contributed by atoms with Gasteiger partial charge in [-0.05, 0) is 51.4 Å². The van der Waals surface area contributed by atoms with Gasteiger partial charge in [0.15, 0.2) is 6.29 Å². The predicted molar refractivity (Wildman–Crippen MR) is 81.3 cm³/mol. The molecule has 19 heavy (non-hydrogen) atoms. The van der Waals surface area contributed by atoms with Crippen molar-refractivity contribution in [2.75, 3.05) is 13.2 Å². The first-order valence-corrected chi connectivity index (χ1v) is 8.31. The summed E-state index contributed by atoms with van der Waals surface area (Å²) in [6.45, 7) is 4.00. The number of rotatable bonds is 11. The summed E-state index contributed by atoms with van der Waals surface area (Å²) in [5, 5.41) is 0. The number of hydrogen-bond donors (Lipinski definition) is 0. The molecule has 0 aromatic rings. The summed E-state index contributed by atoms with van der Waals surface area (Å²) in [4.78, 5) is 0. The van der Waals surface area contributed by atoms with E-state index in [4.69, 9.17) is 9.47 Å². The van der Waals surface area contributed by atoms with Gasteiger partial charge in [0.25, 0.3) is 0 Å². The minimum Gasteiger partial charge on any atom is -0.353 e. The Hall–Kier alpha value is -0.340. The van der Waals surface area contributed by atoms with Crippen LogP contribution in [0.3, 0.4) is 0 Å². The molecule has 0 spiro atoms. The van der Waals surface area contributed by atoms with Crippen LogP contribution in [0.5, 0.6) is 0 Å². The Balaban J connectivity index is 1.78. The van der Waals surface area contributed by atoms with Crippen LogP contribution < -0.4 is 0 Å². The SMILES string of the molecule is CCCCCC/C=C\CCCCO[C@H]1CCCCO1. The fraction of sp³-hybridized carbons (Fsp3) is 0.882. The Morgan fingerprint density at radius 3 is 2.47 bits per heavy atom. The molecule has 1 rings (SSSR count). The molecule has 1 aliphatic rings. The van der Waals surface area contributed by atoms with Crippen molar-refractivity contribution in [1.82, 2.24) is 0 Å². The van der Waals surface area contributed by atoms with Gasteiger partial charge in [0.1, 0.15) is 0 Å². The molecule has 0 radical (unpaired) electrons. The molecule has 0 unspecified atom stereocenters. The minimum absolute atomic E-state index is 0.0860. The summed E-state index contributed by atoms with van der Waals surface area (Å²) in [6, 6.07) is 0. The fourth-order valence-corrected chi connectivity index (χ4v) is 2.35. The molecule has 112 valence electrons. The average Bonchev–Trinajstić information content (AvgIpc) is 2.46. The second-order valence-corrected chi connectivity index (χ2v) is 5.48. The maximum Gasteiger partial charge on any atom is 0.157 e. The summed E-state index contributed by atoms with van der Waals surface area (Å²) in [5.74, 6) is 0. The zero-order chi connectivity index (χ0) is 13.6. The first kappa shape index (κ1) is 16.7. The third kappa shape index (κ3) is 10.1. The molecule has 2 nitrogen and oxygen atoms in total. The van der Waals surface area contributed by atoms with Crippen molar-refractivity contribution in [3.8, 4) is 0 Å². The predicted octanol–water partition coefficient (Wildman–Crippen LogP) is 5.23. The fourth-order valence-electron chi connectivity index (χ4n) is 2.35. The molecule has 0 aromatic carbocycles. The molecule has 0 aromatic heterocycles. The van der Waals surface area contributed by atoms with Crippen LogP contribution in [0.15, 0.2) is 12.2 Å². The molecule has 0 aliphatic carbocycles. The molecule has 0 amide bonds. The molecule has 1 heterocycles. The Morgan fingerprint density at radius 2 is 1.79 bits per heavy atom. The first-order chi connectivity index (χ1) is 9.43. The van der Waals surface area contributed by atoms with Gasteiger partial charge in [-0.25, -0.2) is 0 Å². The molecule has 1 fully saturated rings. The third-order valence-corrected chi connectivity index (χ3v) is 3.60. The highest BCUT2D eigenvalue weighted by molar-refractivity contribution is 4.81. The molecule has 1 saturated heterocycles. The lowest BCUT2D eigenvalue weighted by molar-refractivity contribution is -0.162. The van der Waals surface area contributed by atoms with Gasteiger partial charge in [0.05, 0.1) is 0 Å². The van der Waals surface area contributed by atoms with E-state index in [2.05, 4.69) is 19.1 Å². The van der Waals surface area contributed by atoms with Gasteiger partial charge in [-0.2, -0.15) is 0 Å². The van der Waals surface area contributed by atoms with Gasteiger partial charge in [0.2, 0.25) is 0 Å². The van der Waals surface area contributed by atoms with Gasteiger partial charge in [0, 0.05) is 13.2 Å². The normalized spacial score (nSPS) is 20.2. The van der Waals surface area contributed by atoms with Crippen LogP contribution in [0, 0.1) is 0 Å². The molecular formula is C17H32O2. The van der Waals surface area contributed by atoms with Crippen molar-refractivity contribution in [3.63, 3.8) is 0 Å². The Morgan fingerprint density at radius 1 is 1.00 bits per heavy atom. The zero-order valence-corrected chi connectivity index (χ0v) is 12.7. The molecule has 2 heteroatoms. The van der Waals surface area contributed by atoms with E-state index in [1.807, 2.05) is 0 Å². The smallest absolute Gasteiger partial charge is 0.157 e. The van der Waals surface area contributed by atoms with E-state index in [9.17, 15) is 0 Å². The standard InChI is InChI=1S/C17H32O2/c1-2-3-4-5-6-7-8-9-10-12-15-18-17-14-11-13-16-19-17/h7-8,17H,2-6,9-16H2,1H3/b8-7-/t17-/m1/s1. The van der Waals surface area contributed by atoms with Crippen molar-refractivity contribution < 1.29 is 9.47 Å². The van der Waals surface area contributed by atoms with E-state index in [-0.39, 0.29) is 6.29 Å². The van der Waals surface area contributed by atoms with Crippen molar-refractivity contribution >= 4 is 0 Å². The van der Waals surface area contributed by atoms with Crippen LogP contribution in [0.25, 0.3) is 0 Å². The van der Waals surface area contributed by atoms with E-state index in [0.29, 0.717) is 0 Å². The molecular weight excluding hydrogens is 236 g/mol. The largest absolute Gasteiger partial charge is 0.353 e. The van der Waals surface area contributed by atoms with Crippen LogP contribution in [0.4, 0.5) is 0 Å². The number of unbranched alkanes of at least 4 members (excludes halogenated alkanes) is 6. The molecule has 0 bridgehead atoms. The van der Waals surface area contributed by atoms with Crippen molar-refractivity contribution in [1.29, 1.82) is 0 Å². The minimum atomic E-state index is 0.0860.